The number of hydrogen-bond donors (Lipinski definition) is 1. The van der Waals surface area contributed by atoms with Gasteiger partial charge in [-0.2, -0.15) is 0 Å². The summed E-state index contributed by atoms with van der Waals surface area (Å²) < 4.78 is 5.35. The molecule has 0 aromatic heterocycles. The van der Waals surface area contributed by atoms with Crippen molar-refractivity contribution in [1.29, 1.82) is 0 Å². The van der Waals surface area contributed by atoms with E-state index < -0.39 is 0 Å². The number of hydrogen-bond acceptors (Lipinski definition) is 4. The number of methoxy groups -OCH3 is 1. The standard InChI is InChI=1S/C27H34N4O/c1-21(22-12-17-31(18-13-22)26-8-6-25(28-2)7-9-26)29-14-4-15-30-16-11-23-19-27(32-3)10-5-24(23)20-30/h5-10,19,22,29H,1,4,11-18,20H2,3H3. The van der Waals surface area contributed by atoms with Crippen molar-refractivity contribution >= 4 is 11.4 Å². The zero-order chi connectivity index (χ0) is 22.3. The van der Waals surface area contributed by atoms with E-state index in [1.54, 1.807) is 7.11 Å². The van der Waals surface area contributed by atoms with Crippen molar-refractivity contribution in [1.82, 2.24) is 10.2 Å². The Labute approximate surface area is 192 Å². The van der Waals surface area contributed by atoms with Gasteiger partial charge in [-0.05, 0) is 61.1 Å². The molecule has 2 heterocycles. The van der Waals surface area contributed by atoms with Gasteiger partial charge in [0.1, 0.15) is 5.75 Å². The Kier molecular flexibility index (Phi) is 7.34. The molecule has 1 fully saturated rings. The molecular weight excluding hydrogens is 396 g/mol. The number of anilines is 1. The maximum Gasteiger partial charge on any atom is 0.187 e. The second-order valence-corrected chi connectivity index (χ2v) is 8.86. The van der Waals surface area contributed by atoms with Crippen LogP contribution in [-0.4, -0.2) is 44.7 Å². The van der Waals surface area contributed by atoms with Crippen LogP contribution in [0.4, 0.5) is 11.4 Å². The second-order valence-electron chi connectivity index (χ2n) is 8.86. The first kappa shape index (κ1) is 22.2. The van der Waals surface area contributed by atoms with Crippen molar-refractivity contribution in [3.05, 3.63) is 77.3 Å². The minimum atomic E-state index is 0.547. The van der Waals surface area contributed by atoms with E-state index in [1.807, 2.05) is 12.1 Å². The lowest BCUT2D eigenvalue weighted by molar-refractivity contribution is 0.250. The first-order chi connectivity index (χ1) is 15.7. The first-order valence-corrected chi connectivity index (χ1v) is 11.7. The van der Waals surface area contributed by atoms with Crippen LogP contribution in [0.2, 0.25) is 0 Å². The third-order valence-electron chi connectivity index (χ3n) is 6.84. The molecule has 0 atom stereocenters. The molecule has 2 aromatic carbocycles. The minimum Gasteiger partial charge on any atom is -0.497 e. The number of nitrogens with zero attached hydrogens (tertiary/aromatic N) is 3. The molecular formula is C27H34N4O. The topological polar surface area (TPSA) is 32.1 Å². The predicted octanol–water partition coefficient (Wildman–Crippen LogP) is 5.01. The zero-order valence-corrected chi connectivity index (χ0v) is 19.1. The van der Waals surface area contributed by atoms with Crippen molar-refractivity contribution < 1.29 is 4.74 Å². The number of rotatable bonds is 8. The highest BCUT2D eigenvalue weighted by Crippen LogP contribution is 2.28. The van der Waals surface area contributed by atoms with Gasteiger partial charge in [0.15, 0.2) is 5.69 Å². The number of ether oxygens (including phenoxy) is 1. The number of benzene rings is 2. The van der Waals surface area contributed by atoms with Crippen molar-refractivity contribution in [3.63, 3.8) is 0 Å². The molecule has 2 aliphatic rings. The van der Waals surface area contributed by atoms with Gasteiger partial charge in [-0.15, -0.1) is 0 Å². The van der Waals surface area contributed by atoms with E-state index in [9.17, 15) is 0 Å². The predicted molar refractivity (Wildman–Crippen MR) is 131 cm³/mol. The SMILES string of the molecule is [C-]#[N+]c1ccc(N2CCC(C(=C)NCCCN3CCc4cc(OC)ccc4C3)CC2)cc1. The summed E-state index contributed by atoms with van der Waals surface area (Å²) in [6, 6.07) is 14.4. The summed E-state index contributed by atoms with van der Waals surface area (Å²) in [4.78, 5) is 8.45. The Bertz CT molecular complexity index is 955. The Hall–Kier alpha value is -2.97. The van der Waals surface area contributed by atoms with E-state index in [4.69, 9.17) is 11.3 Å². The summed E-state index contributed by atoms with van der Waals surface area (Å²) in [5.41, 5.74) is 5.99. The summed E-state index contributed by atoms with van der Waals surface area (Å²) >= 11 is 0. The van der Waals surface area contributed by atoms with Crippen LogP contribution in [0.3, 0.4) is 0 Å². The third-order valence-corrected chi connectivity index (χ3v) is 6.84. The molecule has 0 unspecified atom stereocenters. The molecule has 32 heavy (non-hydrogen) atoms. The van der Waals surface area contributed by atoms with Gasteiger partial charge in [-0.3, -0.25) is 4.90 Å². The fourth-order valence-electron chi connectivity index (χ4n) is 4.83. The van der Waals surface area contributed by atoms with Crippen LogP contribution in [0.15, 0.2) is 54.7 Å². The monoisotopic (exact) mass is 430 g/mol. The minimum absolute atomic E-state index is 0.547. The quantitative estimate of drug-likeness (QED) is 0.471. The Morgan fingerprint density at radius 3 is 2.62 bits per heavy atom. The molecule has 2 aliphatic heterocycles. The molecule has 0 spiro atoms. The van der Waals surface area contributed by atoms with Gasteiger partial charge in [0.2, 0.25) is 0 Å². The average Bonchev–Trinajstić information content (AvgIpc) is 2.86. The van der Waals surface area contributed by atoms with Crippen molar-refractivity contribution in [2.45, 2.75) is 32.2 Å². The molecule has 5 nitrogen and oxygen atoms in total. The molecule has 0 radical (unpaired) electrons. The van der Waals surface area contributed by atoms with Gasteiger partial charge >= 0.3 is 0 Å². The Morgan fingerprint density at radius 1 is 1.12 bits per heavy atom. The highest BCUT2D eigenvalue weighted by Gasteiger charge is 2.22. The van der Waals surface area contributed by atoms with Gasteiger partial charge in [0.05, 0.1) is 13.7 Å². The van der Waals surface area contributed by atoms with Gasteiger partial charge in [0, 0.05) is 56.6 Å². The van der Waals surface area contributed by atoms with Gasteiger partial charge < -0.3 is 15.0 Å². The second kappa shape index (κ2) is 10.6. The summed E-state index contributed by atoms with van der Waals surface area (Å²) in [5, 5.41) is 3.61. The summed E-state index contributed by atoms with van der Waals surface area (Å²) in [6.07, 6.45) is 4.49. The van der Waals surface area contributed by atoms with E-state index in [1.165, 1.54) is 22.5 Å². The highest BCUT2D eigenvalue weighted by atomic mass is 16.5. The number of piperidine rings is 1. The fourth-order valence-corrected chi connectivity index (χ4v) is 4.83. The van der Waals surface area contributed by atoms with Crippen LogP contribution in [0, 0.1) is 12.5 Å². The molecule has 0 amide bonds. The first-order valence-electron chi connectivity index (χ1n) is 11.7. The highest BCUT2D eigenvalue weighted by molar-refractivity contribution is 5.55. The number of fused-ring (bicyclic) bond motifs is 1. The maximum absolute atomic E-state index is 7.09. The molecule has 1 saturated heterocycles. The molecule has 0 aliphatic carbocycles. The Morgan fingerprint density at radius 2 is 1.91 bits per heavy atom. The summed E-state index contributed by atoms with van der Waals surface area (Å²) in [7, 11) is 1.73. The van der Waals surface area contributed by atoms with Gasteiger partial charge in [-0.1, -0.05) is 24.8 Å². The molecule has 0 saturated carbocycles. The van der Waals surface area contributed by atoms with Crippen molar-refractivity contribution in [2.75, 3.05) is 44.7 Å². The largest absolute Gasteiger partial charge is 0.497 e. The normalized spacial score (nSPS) is 16.8. The van der Waals surface area contributed by atoms with Crippen LogP contribution in [0.25, 0.3) is 4.85 Å². The van der Waals surface area contributed by atoms with Gasteiger partial charge in [0.25, 0.3) is 0 Å². The van der Waals surface area contributed by atoms with Crippen LogP contribution in [-0.2, 0) is 13.0 Å². The molecule has 0 bridgehead atoms. The molecule has 5 heteroatoms. The molecule has 4 rings (SSSR count). The van der Waals surface area contributed by atoms with E-state index in [0.717, 1.165) is 70.7 Å². The molecule has 168 valence electrons. The van der Waals surface area contributed by atoms with Crippen molar-refractivity contribution in [3.8, 4) is 5.75 Å². The lowest BCUT2D eigenvalue weighted by atomic mass is 9.93. The molecule has 1 N–H and O–H groups in total. The average molecular weight is 431 g/mol. The van der Waals surface area contributed by atoms with Crippen molar-refractivity contribution in [2.24, 2.45) is 5.92 Å². The van der Waals surface area contributed by atoms with E-state index in [0.29, 0.717) is 11.6 Å². The van der Waals surface area contributed by atoms with Gasteiger partial charge in [-0.25, -0.2) is 4.85 Å². The number of allylic oxidation sites excluding steroid dienone is 1. The fraction of sp³-hybridized carbons (Fsp3) is 0.444. The number of nitrogens with one attached hydrogen (secondary N) is 1. The Balaban J connectivity index is 1.15. The molecule has 2 aromatic rings. The van der Waals surface area contributed by atoms with Crippen LogP contribution >= 0.6 is 0 Å². The lowest BCUT2D eigenvalue weighted by Gasteiger charge is -2.35. The smallest absolute Gasteiger partial charge is 0.187 e. The van der Waals surface area contributed by atoms with E-state index in [2.05, 4.69) is 56.9 Å². The van der Waals surface area contributed by atoms with Crippen LogP contribution in [0.5, 0.6) is 5.75 Å². The lowest BCUT2D eigenvalue weighted by Crippen LogP contribution is -2.37. The van der Waals surface area contributed by atoms with E-state index >= 15 is 0 Å². The van der Waals surface area contributed by atoms with E-state index in [-0.39, 0.29) is 0 Å². The zero-order valence-electron chi connectivity index (χ0n) is 19.1. The summed E-state index contributed by atoms with van der Waals surface area (Å²) in [6.45, 7) is 17.8. The third kappa shape index (κ3) is 5.44. The summed E-state index contributed by atoms with van der Waals surface area (Å²) in [5.74, 6) is 1.51. The maximum atomic E-state index is 7.09. The van der Waals surface area contributed by atoms with Crippen LogP contribution in [0.1, 0.15) is 30.4 Å². The van der Waals surface area contributed by atoms with Crippen LogP contribution < -0.4 is 15.0 Å².